The van der Waals surface area contributed by atoms with Crippen molar-refractivity contribution in [1.82, 2.24) is 9.97 Å². The summed E-state index contributed by atoms with van der Waals surface area (Å²) in [5, 5.41) is 0. The molecule has 2 aromatic heterocycles. The molecule has 0 aliphatic heterocycles. The van der Waals surface area contributed by atoms with E-state index >= 15 is 0 Å². The molecule has 0 unspecified atom stereocenters. The molecule has 0 fully saturated rings. The number of benzene rings is 1. The van der Waals surface area contributed by atoms with E-state index in [1.807, 2.05) is 19.9 Å². The van der Waals surface area contributed by atoms with Crippen molar-refractivity contribution in [2.75, 3.05) is 0 Å². The van der Waals surface area contributed by atoms with Crippen molar-refractivity contribution in [2.45, 2.75) is 27.7 Å². The molecule has 0 spiro atoms. The van der Waals surface area contributed by atoms with Crippen LogP contribution in [0.15, 0.2) is 42.5 Å². The Bertz CT molecular complexity index is 713. The van der Waals surface area contributed by atoms with Gasteiger partial charge in [-0.05, 0) is 57.2 Å². The average molecular weight is 480 g/mol. The molecule has 2 heterocycles. The molecule has 0 saturated carbocycles. The van der Waals surface area contributed by atoms with Crippen molar-refractivity contribution in [1.29, 1.82) is 0 Å². The van der Waals surface area contributed by atoms with Crippen molar-refractivity contribution in [3.63, 3.8) is 0 Å². The van der Waals surface area contributed by atoms with Gasteiger partial charge in [-0.25, -0.2) is 0 Å². The molecule has 0 aliphatic carbocycles. The fourth-order valence-corrected chi connectivity index (χ4v) is 2.71. The maximum absolute atomic E-state index is 4.60. The van der Waals surface area contributed by atoms with E-state index in [4.69, 9.17) is 0 Å². The summed E-state index contributed by atoms with van der Waals surface area (Å²) < 4.78 is 0. The van der Waals surface area contributed by atoms with Gasteiger partial charge in [0.05, 0.1) is 0 Å². The summed E-state index contributed by atoms with van der Waals surface area (Å²) >= 11 is 0. The molecular weight excluding hydrogens is 460 g/mol. The standard InChI is InChI=1S/C20H19N2.Ir/c1-13-9-15(3)21-19(11-13)17-5-7-18(8-6-17)20-12-14(2)10-16(4)22-20;/h5-7,9-12H,1-4H3;/q-1;. The molecule has 0 N–H and O–H groups in total. The summed E-state index contributed by atoms with van der Waals surface area (Å²) in [6, 6.07) is 17.9. The number of aryl methyl sites for hydroxylation is 4. The van der Waals surface area contributed by atoms with Crippen LogP contribution in [0, 0.1) is 33.8 Å². The van der Waals surface area contributed by atoms with Crippen molar-refractivity contribution in [3.05, 3.63) is 71.0 Å². The summed E-state index contributed by atoms with van der Waals surface area (Å²) in [6.07, 6.45) is 0. The van der Waals surface area contributed by atoms with E-state index in [1.54, 1.807) is 0 Å². The topological polar surface area (TPSA) is 25.8 Å². The van der Waals surface area contributed by atoms with Crippen LogP contribution >= 0.6 is 0 Å². The van der Waals surface area contributed by atoms with Gasteiger partial charge in [0.2, 0.25) is 0 Å². The van der Waals surface area contributed by atoms with Crippen LogP contribution in [-0.4, -0.2) is 9.97 Å². The molecule has 23 heavy (non-hydrogen) atoms. The summed E-state index contributed by atoms with van der Waals surface area (Å²) in [7, 11) is 0. The van der Waals surface area contributed by atoms with Crippen LogP contribution in [-0.2, 0) is 20.1 Å². The molecule has 3 aromatic rings. The summed E-state index contributed by atoms with van der Waals surface area (Å²) in [4.78, 5) is 9.19. The van der Waals surface area contributed by atoms with Gasteiger partial charge in [-0.3, -0.25) is 4.98 Å². The van der Waals surface area contributed by atoms with Crippen LogP contribution < -0.4 is 0 Å². The third-order valence-electron chi connectivity index (χ3n) is 3.58. The fraction of sp³-hybridized carbons (Fsp3) is 0.200. The molecule has 0 amide bonds. The first kappa shape index (κ1) is 17.5. The molecule has 119 valence electrons. The van der Waals surface area contributed by atoms with Crippen LogP contribution in [0.5, 0.6) is 0 Å². The molecule has 1 radical (unpaired) electrons. The van der Waals surface area contributed by atoms with Crippen LogP contribution in [0.4, 0.5) is 0 Å². The van der Waals surface area contributed by atoms with Crippen LogP contribution in [0.1, 0.15) is 22.5 Å². The minimum Gasteiger partial charge on any atom is -0.302 e. The van der Waals surface area contributed by atoms with Gasteiger partial charge < -0.3 is 4.98 Å². The Balaban J connectivity index is 0.00000192. The van der Waals surface area contributed by atoms with E-state index in [0.717, 1.165) is 33.9 Å². The molecule has 0 bridgehead atoms. The number of hydrogen-bond acceptors (Lipinski definition) is 2. The van der Waals surface area contributed by atoms with Gasteiger partial charge in [-0.15, -0.1) is 29.8 Å². The van der Waals surface area contributed by atoms with E-state index in [1.165, 1.54) is 11.1 Å². The third kappa shape index (κ3) is 4.13. The number of pyridine rings is 2. The van der Waals surface area contributed by atoms with Crippen LogP contribution in [0.3, 0.4) is 0 Å². The van der Waals surface area contributed by atoms with Crippen molar-refractivity contribution in [3.8, 4) is 22.5 Å². The zero-order chi connectivity index (χ0) is 15.7. The summed E-state index contributed by atoms with van der Waals surface area (Å²) in [6.45, 7) is 8.22. The molecule has 3 heteroatoms. The molecule has 2 nitrogen and oxygen atoms in total. The molecule has 3 rings (SSSR count). The van der Waals surface area contributed by atoms with Gasteiger partial charge in [0.25, 0.3) is 0 Å². The monoisotopic (exact) mass is 480 g/mol. The second-order valence-corrected chi connectivity index (χ2v) is 5.83. The maximum Gasteiger partial charge on any atom is 0.0372 e. The first-order valence-electron chi connectivity index (χ1n) is 7.44. The van der Waals surface area contributed by atoms with Gasteiger partial charge in [0, 0.05) is 37.2 Å². The van der Waals surface area contributed by atoms with Crippen molar-refractivity contribution >= 4 is 0 Å². The van der Waals surface area contributed by atoms with E-state index in [2.05, 4.69) is 66.3 Å². The predicted molar refractivity (Wildman–Crippen MR) is 90.7 cm³/mol. The molecular formula is C20H19IrN2-. The fourth-order valence-electron chi connectivity index (χ4n) is 2.71. The minimum absolute atomic E-state index is 0. The van der Waals surface area contributed by atoms with Gasteiger partial charge in [0.15, 0.2) is 0 Å². The second kappa shape index (κ2) is 7.16. The Labute approximate surface area is 151 Å². The SMILES string of the molecule is Cc1cc(C)nc(-c2[c-]cc(-c3cc(C)cc(C)n3)cc2)c1.[Ir]. The van der Waals surface area contributed by atoms with E-state index < -0.39 is 0 Å². The first-order chi connectivity index (χ1) is 10.5. The zero-order valence-corrected chi connectivity index (χ0v) is 16.2. The minimum atomic E-state index is 0. The largest absolute Gasteiger partial charge is 0.302 e. The van der Waals surface area contributed by atoms with Crippen LogP contribution in [0.2, 0.25) is 0 Å². The normalized spacial score (nSPS) is 10.3. The van der Waals surface area contributed by atoms with E-state index in [-0.39, 0.29) is 20.1 Å². The van der Waals surface area contributed by atoms with E-state index in [0.29, 0.717) is 0 Å². The Kier molecular flexibility index (Phi) is 5.46. The maximum atomic E-state index is 4.60. The number of rotatable bonds is 2. The summed E-state index contributed by atoms with van der Waals surface area (Å²) in [5.74, 6) is 0. The smallest absolute Gasteiger partial charge is 0.0372 e. The van der Waals surface area contributed by atoms with Crippen molar-refractivity contribution in [2.24, 2.45) is 0 Å². The first-order valence-corrected chi connectivity index (χ1v) is 7.44. The van der Waals surface area contributed by atoms with Crippen molar-refractivity contribution < 1.29 is 20.1 Å². The van der Waals surface area contributed by atoms with Gasteiger partial charge >= 0.3 is 0 Å². The third-order valence-corrected chi connectivity index (χ3v) is 3.58. The average Bonchev–Trinajstić information content (AvgIpc) is 2.45. The van der Waals surface area contributed by atoms with E-state index in [9.17, 15) is 0 Å². The molecule has 1 aromatic carbocycles. The van der Waals surface area contributed by atoms with Gasteiger partial charge in [-0.2, -0.15) is 0 Å². The van der Waals surface area contributed by atoms with Gasteiger partial charge in [0.1, 0.15) is 0 Å². The number of aromatic nitrogens is 2. The van der Waals surface area contributed by atoms with Gasteiger partial charge in [-0.1, -0.05) is 17.2 Å². The zero-order valence-electron chi connectivity index (χ0n) is 13.8. The number of hydrogen-bond donors (Lipinski definition) is 0. The van der Waals surface area contributed by atoms with Crippen LogP contribution in [0.25, 0.3) is 22.5 Å². The Hall–Kier alpha value is -1.83. The Morgan fingerprint density at radius 1 is 0.739 bits per heavy atom. The molecule has 0 atom stereocenters. The number of nitrogens with zero attached hydrogens (tertiary/aromatic N) is 2. The quantitative estimate of drug-likeness (QED) is 0.492. The Morgan fingerprint density at radius 3 is 1.83 bits per heavy atom. The summed E-state index contributed by atoms with van der Waals surface area (Å²) in [5.41, 5.74) is 8.57. The second-order valence-electron chi connectivity index (χ2n) is 5.83. The Morgan fingerprint density at radius 2 is 1.30 bits per heavy atom. The molecule has 0 aliphatic rings. The predicted octanol–water partition coefficient (Wildman–Crippen LogP) is 4.84. The molecule has 0 saturated heterocycles.